The van der Waals surface area contributed by atoms with E-state index in [9.17, 15) is 4.79 Å². The van der Waals surface area contributed by atoms with Gasteiger partial charge in [0.1, 0.15) is 23.4 Å². The number of nitrogens with zero attached hydrogens (tertiary/aromatic N) is 4. The fourth-order valence-corrected chi connectivity index (χ4v) is 2.69. The molecule has 1 amide bonds. The average molecular weight is 321 g/mol. The lowest BCUT2D eigenvalue weighted by atomic mass is 10.1. The number of pyridine rings is 1. The number of aromatic nitrogens is 3. The Balaban J connectivity index is 1.59. The minimum absolute atomic E-state index is 0.0461. The first-order valence-electron chi connectivity index (χ1n) is 7.24. The Morgan fingerprint density at radius 3 is 3.14 bits per heavy atom. The van der Waals surface area contributed by atoms with E-state index in [0.717, 1.165) is 19.4 Å². The summed E-state index contributed by atoms with van der Waals surface area (Å²) in [6.07, 6.45) is 8.43. The normalized spacial score (nSPS) is 18.2. The summed E-state index contributed by atoms with van der Waals surface area (Å²) in [4.78, 5) is 18.1. The molecule has 7 heteroatoms. The molecule has 1 aliphatic heterocycles. The second-order valence-corrected chi connectivity index (χ2v) is 5.64. The summed E-state index contributed by atoms with van der Waals surface area (Å²) >= 11 is 6.06. The zero-order valence-corrected chi connectivity index (χ0v) is 12.8. The van der Waals surface area contributed by atoms with Gasteiger partial charge in [0, 0.05) is 37.4 Å². The number of carbonyl (C=O) groups excluding carboxylic acids is 1. The SMILES string of the molecule is O=C(Cn1cccn1)N1CCCC(Oc2ccncc2Cl)C1. The van der Waals surface area contributed by atoms with Gasteiger partial charge in [-0.05, 0) is 18.9 Å². The number of hydrogen-bond acceptors (Lipinski definition) is 4. The quantitative estimate of drug-likeness (QED) is 0.864. The number of likely N-dealkylation sites (tertiary alicyclic amines) is 1. The van der Waals surface area contributed by atoms with Gasteiger partial charge >= 0.3 is 0 Å². The van der Waals surface area contributed by atoms with Crippen LogP contribution in [0.25, 0.3) is 0 Å². The maximum Gasteiger partial charge on any atom is 0.244 e. The number of halogens is 1. The summed E-state index contributed by atoms with van der Waals surface area (Å²) in [5, 5.41) is 4.55. The summed E-state index contributed by atoms with van der Waals surface area (Å²) in [6, 6.07) is 3.55. The van der Waals surface area contributed by atoms with E-state index in [2.05, 4.69) is 10.1 Å². The lowest BCUT2D eigenvalue weighted by molar-refractivity contribution is -0.134. The minimum atomic E-state index is -0.0461. The molecule has 22 heavy (non-hydrogen) atoms. The molecule has 0 aromatic carbocycles. The highest BCUT2D eigenvalue weighted by molar-refractivity contribution is 6.31. The summed E-state index contributed by atoms with van der Waals surface area (Å²) in [5.41, 5.74) is 0. The Morgan fingerprint density at radius 1 is 1.45 bits per heavy atom. The van der Waals surface area contributed by atoms with Crippen LogP contribution in [-0.4, -0.2) is 44.8 Å². The van der Waals surface area contributed by atoms with Gasteiger partial charge in [-0.1, -0.05) is 11.6 Å². The largest absolute Gasteiger partial charge is 0.487 e. The van der Waals surface area contributed by atoms with Crippen LogP contribution in [0.5, 0.6) is 5.75 Å². The fourth-order valence-electron chi connectivity index (χ4n) is 2.53. The van der Waals surface area contributed by atoms with Crippen molar-refractivity contribution in [2.75, 3.05) is 13.1 Å². The standard InChI is InChI=1S/C15H17ClN4O2/c16-13-9-17-6-4-14(13)22-12-3-1-7-19(10-12)15(21)11-20-8-2-5-18-20/h2,4-6,8-9,12H,1,3,7,10-11H2. The maximum atomic E-state index is 12.3. The minimum Gasteiger partial charge on any atom is -0.487 e. The number of piperidine rings is 1. The van der Waals surface area contributed by atoms with Gasteiger partial charge in [0.25, 0.3) is 0 Å². The zero-order chi connectivity index (χ0) is 15.4. The van der Waals surface area contributed by atoms with Crippen LogP contribution in [0.4, 0.5) is 0 Å². The van der Waals surface area contributed by atoms with Crippen molar-refractivity contribution in [3.63, 3.8) is 0 Å². The third-order valence-corrected chi connectivity index (χ3v) is 3.90. The van der Waals surface area contributed by atoms with Gasteiger partial charge in [0.15, 0.2) is 0 Å². The Labute approximate surface area is 133 Å². The molecule has 1 saturated heterocycles. The molecule has 2 aromatic rings. The van der Waals surface area contributed by atoms with Crippen molar-refractivity contribution in [1.82, 2.24) is 19.7 Å². The summed E-state index contributed by atoms with van der Waals surface area (Å²) in [6.45, 7) is 1.58. The Hall–Kier alpha value is -2.08. The first-order chi connectivity index (χ1) is 10.7. The highest BCUT2D eigenvalue weighted by atomic mass is 35.5. The van der Waals surface area contributed by atoms with E-state index in [-0.39, 0.29) is 18.6 Å². The van der Waals surface area contributed by atoms with Crippen LogP contribution in [0.3, 0.4) is 0 Å². The van der Waals surface area contributed by atoms with E-state index >= 15 is 0 Å². The van der Waals surface area contributed by atoms with Gasteiger partial charge in [-0.15, -0.1) is 0 Å². The summed E-state index contributed by atoms with van der Waals surface area (Å²) in [7, 11) is 0. The zero-order valence-electron chi connectivity index (χ0n) is 12.1. The van der Waals surface area contributed by atoms with Crippen LogP contribution in [0.1, 0.15) is 12.8 Å². The molecule has 0 spiro atoms. The molecule has 1 unspecified atom stereocenters. The van der Waals surface area contributed by atoms with Crippen LogP contribution < -0.4 is 4.74 Å². The highest BCUT2D eigenvalue weighted by Gasteiger charge is 2.25. The smallest absolute Gasteiger partial charge is 0.244 e. The van der Waals surface area contributed by atoms with Crippen molar-refractivity contribution < 1.29 is 9.53 Å². The predicted octanol–water partition coefficient (Wildman–Crippen LogP) is 2.00. The van der Waals surface area contributed by atoms with Crippen LogP contribution >= 0.6 is 11.6 Å². The third kappa shape index (κ3) is 3.57. The van der Waals surface area contributed by atoms with E-state index in [1.54, 1.807) is 41.6 Å². The van der Waals surface area contributed by atoms with Crippen LogP contribution in [0.15, 0.2) is 36.9 Å². The van der Waals surface area contributed by atoms with Crippen molar-refractivity contribution in [1.29, 1.82) is 0 Å². The molecule has 1 fully saturated rings. The van der Waals surface area contributed by atoms with Crippen molar-refractivity contribution >= 4 is 17.5 Å². The maximum absolute atomic E-state index is 12.3. The second-order valence-electron chi connectivity index (χ2n) is 5.23. The Kier molecular flexibility index (Phi) is 4.58. The Bertz CT molecular complexity index is 632. The monoisotopic (exact) mass is 320 g/mol. The fraction of sp³-hybridized carbons (Fsp3) is 0.400. The van der Waals surface area contributed by atoms with E-state index in [0.29, 0.717) is 17.3 Å². The number of hydrogen-bond donors (Lipinski definition) is 0. The first-order valence-corrected chi connectivity index (χ1v) is 7.61. The van der Waals surface area contributed by atoms with Gasteiger partial charge in [0.2, 0.25) is 5.91 Å². The molecule has 0 N–H and O–H groups in total. The molecule has 1 aliphatic rings. The molecule has 2 aromatic heterocycles. The van der Waals surface area contributed by atoms with Crippen LogP contribution in [-0.2, 0) is 11.3 Å². The van der Waals surface area contributed by atoms with Crippen molar-refractivity contribution in [3.8, 4) is 5.75 Å². The summed E-state index contributed by atoms with van der Waals surface area (Å²) < 4.78 is 7.54. The average Bonchev–Trinajstić information content (AvgIpc) is 3.03. The molecule has 3 heterocycles. The number of rotatable bonds is 4. The van der Waals surface area contributed by atoms with Gasteiger partial charge in [0.05, 0.1) is 6.54 Å². The van der Waals surface area contributed by atoms with Gasteiger partial charge in [-0.2, -0.15) is 5.10 Å². The van der Waals surface area contributed by atoms with Crippen LogP contribution in [0, 0.1) is 0 Å². The number of ether oxygens (including phenoxy) is 1. The first kappa shape index (κ1) is 14.8. The molecule has 0 radical (unpaired) electrons. The van der Waals surface area contributed by atoms with E-state index in [1.165, 1.54) is 0 Å². The molecule has 1 atom stereocenters. The molecular formula is C15H17ClN4O2. The Morgan fingerprint density at radius 2 is 2.36 bits per heavy atom. The second kappa shape index (κ2) is 6.79. The van der Waals surface area contributed by atoms with Gasteiger partial charge in [-0.25, -0.2) is 0 Å². The van der Waals surface area contributed by atoms with E-state index in [1.807, 2.05) is 4.90 Å². The highest BCUT2D eigenvalue weighted by Crippen LogP contribution is 2.25. The van der Waals surface area contributed by atoms with E-state index in [4.69, 9.17) is 16.3 Å². The van der Waals surface area contributed by atoms with Crippen LogP contribution in [0.2, 0.25) is 5.02 Å². The molecule has 0 saturated carbocycles. The molecule has 116 valence electrons. The molecule has 3 rings (SSSR count). The third-order valence-electron chi connectivity index (χ3n) is 3.62. The molecule has 0 aliphatic carbocycles. The number of carbonyl (C=O) groups is 1. The number of amides is 1. The van der Waals surface area contributed by atoms with Crippen molar-refractivity contribution in [3.05, 3.63) is 41.9 Å². The predicted molar refractivity (Wildman–Crippen MR) is 81.7 cm³/mol. The van der Waals surface area contributed by atoms with Crippen molar-refractivity contribution in [2.45, 2.75) is 25.5 Å². The molecule has 6 nitrogen and oxygen atoms in total. The lowest BCUT2D eigenvalue weighted by Crippen LogP contribution is -2.45. The lowest BCUT2D eigenvalue weighted by Gasteiger charge is -2.33. The summed E-state index contributed by atoms with van der Waals surface area (Å²) in [5.74, 6) is 0.667. The topological polar surface area (TPSA) is 60.2 Å². The van der Waals surface area contributed by atoms with Gasteiger partial charge < -0.3 is 9.64 Å². The van der Waals surface area contributed by atoms with Crippen molar-refractivity contribution in [2.24, 2.45) is 0 Å². The molecule has 0 bridgehead atoms. The van der Waals surface area contributed by atoms with E-state index < -0.39 is 0 Å². The van der Waals surface area contributed by atoms with Gasteiger partial charge in [-0.3, -0.25) is 14.5 Å². The molecular weight excluding hydrogens is 304 g/mol.